The molecule has 1 aliphatic carbocycles. The van der Waals surface area contributed by atoms with Gasteiger partial charge in [-0.2, -0.15) is 0 Å². The summed E-state index contributed by atoms with van der Waals surface area (Å²) < 4.78 is 1.38. The molecule has 1 aliphatic rings. The van der Waals surface area contributed by atoms with Gasteiger partial charge in [-0.05, 0) is 45.1 Å². The van der Waals surface area contributed by atoms with Gasteiger partial charge in [0.25, 0.3) is 5.56 Å². The molecule has 2 aromatic rings. The number of amides is 1. The van der Waals surface area contributed by atoms with Crippen molar-refractivity contribution in [3.8, 4) is 0 Å². The SMILES string of the molecule is Cc1cc2c(=O)n(CC(=O)NCCC3=CCCCC3)cnc2s1. The van der Waals surface area contributed by atoms with Gasteiger partial charge in [-0.15, -0.1) is 11.3 Å². The number of aromatic nitrogens is 2. The Kier molecular flexibility index (Phi) is 4.91. The third kappa shape index (κ3) is 3.88. The van der Waals surface area contributed by atoms with Crippen LogP contribution in [0.3, 0.4) is 0 Å². The monoisotopic (exact) mass is 331 g/mol. The second-order valence-corrected chi connectivity index (χ2v) is 7.20. The first-order valence-corrected chi connectivity index (χ1v) is 8.85. The number of aryl methyl sites for hydroxylation is 1. The highest BCUT2D eigenvalue weighted by atomic mass is 32.1. The van der Waals surface area contributed by atoms with E-state index in [1.165, 1.54) is 40.6 Å². The standard InChI is InChI=1S/C17H21N3O2S/c1-12-9-14-16(23-12)19-11-20(17(14)22)10-15(21)18-8-7-13-5-3-2-4-6-13/h5,9,11H,2-4,6-8,10H2,1H3,(H,18,21). The molecule has 0 fully saturated rings. The molecule has 23 heavy (non-hydrogen) atoms. The first kappa shape index (κ1) is 15.9. The number of hydrogen-bond donors (Lipinski definition) is 1. The lowest BCUT2D eigenvalue weighted by Crippen LogP contribution is -2.33. The van der Waals surface area contributed by atoms with Crippen LogP contribution in [0.2, 0.25) is 0 Å². The maximum atomic E-state index is 12.3. The third-order valence-electron chi connectivity index (χ3n) is 4.11. The van der Waals surface area contributed by atoms with Crippen LogP contribution in [0.15, 0.2) is 28.8 Å². The minimum Gasteiger partial charge on any atom is -0.354 e. The topological polar surface area (TPSA) is 64.0 Å². The molecule has 0 unspecified atom stereocenters. The molecular weight excluding hydrogens is 310 g/mol. The van der Waals surface area contributed by atoms with Crippen molar-refractivity contribution in [3.63, 3.8) is 0 Å². The van der Waals surface area contributed by atoms with Crippen molar-refractivity contribution in [3.05, 3.63) is 39.3 Å². The molecule has 6 heteroatoms. The molecule has 3 rings (SSSR count). The lowest BCUT2D eigenvalue weighted by Gasteiger charge is -2.13. The summed E-state index contributed by atoms with van der Waals surface area (Å²) in [6.07, 6.45) is 9.48. The fourth-order valence-electron chi connectivity index (χ4n) is 2.90. The molecule has 1 amide bonds. The van der Waals surface area contributed by atoms with Crippen LogP contribution in [0.25, 0.3) is 10.2 Å². The van der Waals surface area contributed by atoms with Crippen molar-refractivity contribution in [2.24, 2.45) is 0 Å². The zero-order valence-electron chi connectivity index (χ0n) is 13.3. The highest BCUT2D eigenvalue weighted by molar-refractivity contribution is 7.18. The molecule has 0 radical (unpaired) electrons. The van der Waals surface area contributed by atoms with Crippen LogP contribution in [-0.4, -0.2) is 22.0 Å². The van der Waals surface area contributed by atoms with Crippen LogP contribution in [-0.2, 0) is 11.3 Å². The summed E-state index contributed by atoms with van der Waals surface area (Å²) in [5.41, 5.74) is 1.29. The minimum absolute atomic E-state index is 0.0235. The Balaban J connectivity index is 1.58. The van der Waals surface area contributed by atoms with E-state index in [9.17, 15) is 9.59 Å². The number of fused-ring (bicyclic) bond motifs is 1. The van der Waals surface area contributed by atoms with Crippen molar-refractivity contribution in [2.45, 2.75) is 45.6 Å². The Hall–Kier alpha value is -1.95. The molecule has 0 aromatic carbocycles. The first-order chi connectivity index (χ1) is 11.1. The van der Waals surface area contributed by atoms with Crippen LogP contribution in [0.5, 0.6) is 0 Å². The zero-order chi connectivity index (χ0) is 16.2. The molecule has 0 saturated heterocycles. The molecule has 0 bridgehead atoms. The summed E-state index contributed by atoms with van der Waals surface area (Å²) in [6.45, 7) is 2.60. The highest BCUT2D eigenvalue weighted by Gasteiger charge is 2.10. The van der Waals surface area contributed by atoms with E-state index in [0.717, 1.165) is 29.0 Å². The van der Waals surface area contributed by atoms with Crippen molar-refractivity contribution in [1.29, 1.82) is 0 Å². The van der Waals surface area contributed by atoms with Crippen molar-refractivity contribution in [2.75, 3.05) is 6.54 Å². The van der Waals surface area contributed by atoms with E-state index < -0.39 is 0 Å². The quantitative estimate of drug-likeness (QED) is 0.857. The molecule has 0 atom stereocenters. The maximum absolute atomic E-state index is 12.3. The van der Waals surface area contributed by atoms with Gasteiger partial charge in [0.1, 0.15) is 11.4 Å². The van der Waals surface area contributed by atoms with Crippen molar-refractivity contribution >= 4 is 27.5 Å². The summed E-state index contributed by atoms with van der Waals surface area (Å²) in [7, 11) is 0. The van der Waals surface area contributed by atoms with E-state index in [1.807, 2.05) is 13.0 Å². The van der Waals surface area contributed by atoms with Gasteiger partial charge >= 0.3 is 0 Å². The summed E-state index contributed by atoms with van der Waals surface area (Å²) in [4.78, 5) is 30.4. The second-order valence-electron chi connectivity index (χ2n) is 5.96. The summed E-state index contributed by atoms with van der Waals surface area (Å²) in [5.74, 6) is -0.142. The van der Waals surface area contributed by atoms with Gasteiger partial charge in [-0.25, -0.2) is 4.98 Å². The molecule has 2 heterocycles. The number of nitrogens with one attached hydrogen (secondary N) is 1. The number of thiophene rings is 1. The fourth-order valence-corrected chi connectivity index (χ4v) is 3.74. The fraction of sp³-hybridized carbons (Fsp3) is 0.471. The van der Waals surface area contributed by atoms with Gasteiger partial charge in [0.2, 0.25) is 5.91 Å². The number of allylic oxidation sites excluding steroid dienone is 1. The Labute approximate surface area is 139 Å². The smallest absolute Gasteiger partial charge is 0.262 e. The Morgan fingerprint density at radius 1 is 1.43 bits per heavy atom. The molecule has 122 valence electrons. The van der Waals surface area contributed by atoms with Crippen LogP contribution >= 0.6 is 11.3 Å². The second kappa shape index (κ2) is 7.08. The van der Waals surface area contributed by atoms with E-state index in [2.05, 4.69) is 16.4 Å². The Bertz CT molecular complexity index is 804. The van der Waals surface area contributed by atoms with Gasteiger partial charge in [-0.1, -0.05) is 11.6 Å². The first-order valence-electron chi connectivity index (χ1n) is 8.03. The zero-order valence-corrected chi connectivity index (χ0v) is 14.1. The van der Waals surface area contributed by atoms with Gasteiger partial charge in [0.05, 0.1) is 11.7 Å². The van der Waals surface area contributed by atoms with E-state index >= 15 is 0 Å². The van der Waals surface area contributed by atoms with E-state index in [4.69, 9.17) is 0 Å². The van der Waals surface area contributed by atoms with Crippen molar-refractivity contribution < 1.29 is 4.79 Å². The lowest BCUT2D eigenvalue weighted by molar-refractivity contribution is -0.121. The summed E-state index contributed by atoms with van der Waals surface area (Å²) in [5, 5.41) is 3.49. The van der Waals surface area contributed by atoms with E-state index in [0.29, 0.717) is 11.9 Å². The highest BCUT2D eigenvalue weighted by Crippen LogP contribution is 2.20. The molecule has 1 N–H and O–H groups in total. The largest absolute Gasteiger partial charge is 0.354 e. The molecule has 5 nitrogen and oxygen atoms in total. The molecule has 0 saturated carbocycles. The normalized spacial score (nSPS) is 14.7. The summed E-state index contributed by atoms with van der Waals surface area (Å²) in [6, 6.07) is 1.83. The molecule has 0 spiro atoms. The number of carbonyl (C=O) groups excluding carboxylic acids is 1. The number of hydrogen-bond acceptors (Lipinski definition) is 4. The van der Waals surface area contributed by atoms with Gasteiger partial charge < -0.3 is 5.32 Å². The lowest BCUT2D eigenvalue weighted by atomic mass is 9.97. The van der Waals surface area contributed by atoms with Gasteiger partial charge in [-0.3, -0.25) is 14.2 Å². The average molecular weight is 331 g/mol. The third-order valence-corrected chi connectivity index (χ3v) is 5.07. The van der Waals surface area contributed by atoms with Crippen LogP contribution in [0, 0.1) is 6.92 Å². The number of carbonyl (C=O) groups is 1. The Morgan fingerprint density at radius 3 is 3.09 bits per heavy atom. The average Bonchev–Trinajstić information content (AvgIpc) is 2.93. The van der Waals surface area contributed by atoms with Gasteiger partial charge in [0.15, 0.2) is 0 Å². The van der Waals surface area contributed by atoms with E-state index in [1.54, 1.807) is 0 Å². The van der Waals surface area contributed by atoms with E-state index in [-0.39, 0.29) is 18.0 Å². The van der Waals surface area contributed by atoms with Crippen LogP contribution < -0.4 is 10.9 Å². The minimum atomic E-state index is -0.149. The number of nitrogens with zero attached hydrogens (tertiary/aromatic N) is 2. The summed E-state index contributed by atoms with van der Waals surface area (Å²) >= 11 is 1.49. The molecular formula is C17H21N3O2S. The molecule has 0 aliphatic heterocycles. The predicted molar refractivity (Wildman–Crippen MR) is 92.8 cm³/mol. The number of rotatable bonds is 5. The van der Waals surface area contributed by atoms with Crippen molar-refractivity contribution in [1.82, 2.24) is 14.9 Å². The predicted octanol–water partition coefficient (Wildman–Crippen LogP) is 2.77. The van der Waals surface area contributed by atoms with Gasteiger partial charge in [0, 0.05) is 11.4 Å². The van der Waals surface area contributed by atoms with Crippen LogP contribution in [0.1, 0.15) is 37.0 Å². The maximum Gasteiger partial charge on any atom is 0.262 e. The Morgan fingerprint density at radius 2 is 2.30 bits per heavy atom. The van der Waals surface area contributed by atoms with Crippen LogP contribution in [0.4, 0.5) is 0 Å². The molecule has 2 aromatic heterocycles.